The number of methoxy groups -OCH3 is 3. The molecule has 156 valence electrons. The van der Waals surface area contributed by atoms with Gasteiger partial charge in [0.1, 0.15) is 17.9 Å². The fourth-order valence-corrected chi connectivity index (χ4v) is 2.75. The summed E-state index contributed by atoms with van der Waals surface area (Å²) in [7, 11) is 6.02. The average Bonchev–Trinajstić information content (AvgIpc) is 2.73. The van der Waals surface area contributed by atoms with Gasteiger partial charge in [0.2, 0.25) is 0 Å². The van der Waals surface area contributed by atoms with E-state index in [0.717, 1.165) is 5.56 Å². The van der Waals surface area contributed by atoms with Gasteiger partial charge in [-0.25, -0.2) is 0 Å². The molecular weight excluding hydrogens is 380 g/mol. The summed E-state index contributed by atoms with van der Waals surface area (Å²) in [5, 5.41) is 11.6. The van der Waals surface area contributed by atoms with Crippen LogP contribution in [-0.2, 0) is 11.3 Å². The Morgan fingerprint density at radius 1 is 1.03 bits per heavy atom. The number of para-hydroxylation sites is 1. The fraction of sp³-hybridized carbons (Fsp3) is 0.350. The highest BCUT2D eigenvalue weighted by molar-refractivity contribution is 5.99. The van der Waals surface area contributed by atoms with Gasteiger partial charge in [0.15, 0.2) is 11.5 Å². The van der Waals surface area contributed by atoms with E-state index in [1.165, 1.54) is 31.3 Å². The Labute approximate surface area is 168 Å². The van der Waals surface area contributed by atoms with Crippen LogP contribution in [0.2, 0.25) is 0 Å². The first kappa shape index (κ1) is 22.0. The molecule has 0 radical (unpaired) electrons. The van der Waals surface area contributed by atoms with Gasteiger partial charge in [-0.2, -0.15) is 0 Å². The zero-order valence-electron chi connectivity index (χ0n) is 16.8. The number of hydrogen-bond acceptors (Lipinski definition) is 7. The summed E-state index contributed by atoms with van der Waals surface area (Å²) in [5.41, 5.74) is 0.318. The van der Waals surface area contributed by atoms with Crippen molar-refractivity contribution in [3.8, 4) is 17.2 Å². The van der Waals surface area contributed by atoms with Gasteiger partial charge in [-0.05, 0) is 6.07 Å². The van der Waals surface area contributed by atoms with Crippen LogP contribution < -0.4 is 14.2 Å². The fourth-order valence-electron chi connectivity index (χ4n) is 2.75. The standard InChI is InChI=1S/C20H24N2O7/c1-21(13-14-7-5-6-8-17(14)27-3)20(23)15-11-18(28-4)19(29-10-9-26-2)12-16(15)22(24)25/h5-8,11-12H,9-10,13H2,1-4H3. The minimum Gasteiger partial charge on any atom is -0.496 e. The van der Waals surface area contributed by atoms with Crippen LogP contribution in [0.1, 0.15) is 15.9 Å². The maximum absolute atomic E-state index is 13.0. The topological polar surface area (TPSA) is 100 Å². The molecule has 0 bridgehead atoms. The molecule has 0 aliphatic heterocycles. The van der Waals surface area contributed by atoms with Gasteiger partial charge in [0.25, 0.3) is 11.6 Å². The first-order valence-electron chi connectivity index (χ1n) is 8.78. The monoisotopic (exact) mass is 404 g/mol. The molecule has 2 rings (SSSR count). The molecule has 0 aliphatic carbocycles. The van der Waals surface area contributed by atoms with E-state index < -0.39 is 10.8 Å². The summed E-state index contributed by atoms with van der Waals surface area (Å²) in [6.07, 6.45) is 0. The lowest BCUT2D eigenvalue weighted by Crippen LogP contribution is -2.27. The van der Waals surface area contributed by atoms with Crippen LogP contribution in [-0.4, -0.2) is 57.3 Å². The zero-order chi connectivity index (χ0) is 21.4. The molecule has 0 aromatic heterocycles. The van der Waals surface area contributed by atoms with E-state index in [2.05, 4.69) is 0 Å². The Balaban J connectivity index is 2.35. The lowest BCUT2D eigenvalue weighted by atomic mass is 10.1. The molecular formula is C20H24N2O7. The van der Waals surface area contributed by atoms with Crippen molar-refractivity contribution in [2.75, 3.05) is 41.6 Å². The Hall–Kier alpha value is -3.33. The summed E-state index contributed by atoms with van der Waals surface area (Å²) >= 11 is 0. The third-order valence-corrected chi connectivity index (χ3v) is 4.20. The van der Waals surface area contributed by atoms with Gasteiger partial charge < -0.3 is 23.8 Å². The molecule has 0 spiro atoms. The predicted octanol–water partition coefficient (Wildman–Crippen LogP) is 2.91. The van der Waals surface area contributed by atoms with Gasteiger partial charge >= 0.3 is 0 Å². The molecule has 9 heteroatoms. The SMILES string of the molecule is COCCOc1cc([N+](=O)[O-])c(C(=O)N(C)Cc2ccccc2OC)cc1OC. The number of nitro groups is 1. The average molecular weight is 404 g/mol. The summed E-state index contributed by atoms with van der Waals surface area (Å²) in [6.45, 7) is 0.707. The predicted molar refractivity (Wildman–Crippen MR) is 106 cm³/mol. The van der Waals surface area contributed by atoms with Crippen molar-refractivity contribution in [1.82, 2.24) is 4.90 Å². The minimum absolute atomic E-state index is 0.0941. The molecule has 0 saturated heterocycles. The van der Waals surface area contributed by atoms with Crippen molar-refractivity contribution in [3.05, 3.63) is 57.6 Å². The van der Waals surface area contributed by atoms with E-state index in [-0.39, 0.29) is 35.9 Å². The lowest BCUT2D eigenvalue weighted by molar-refractivity contribution is -0.385. The van der Waals surface area contributed by atoms with Crippen LogP contribution in [0.5, 0.6) is 17.2 Å². The third-order valence-electron chi connectivity index (χ3n) is 4.20. The number of hydrogen-bond donors (Lipinski definition) is 0. The number of amides is 1. The Morgan fingerprint density at radius 3 is 2.34 bits per heavy atom. The van der Waals surface area contributed by atoms with Crippen molar-refractivity contribution >= 4 is 11.6 Å². The molecule has 0 saturated carbocycles. The van der Waals surface area contributed by atoms with E-state index in [9.17, 15) is 14.9 Å². The molecule has 2 aromatic carbocycles. The number of carbonyl (C=O) groups is 1. The highest BCUT2D eigenvalue weighted by atomic mass is 16.6. The second-order valence-corrected chi connectivity index (χ2v) is 6.09. The maximum atomic E-state index is 13.0. The zero-order valence-corrected chi connectivity index (χ0v) is 16.8. The van der Waals surface area contributed by atoms with E-state index in [1.54, 1.807) is 20.2 Å². The van der Waals surface area contributed by atoms with Crippen molar-refractivity contribution in [2.45, 2.75) is 6.54 Å². The van der Waals surface area contributed by atoms with Gasteiger partial charge in [-0.3, -0.25) is 14.9 Å². The van der Waals surface area contributed by atoms with Crippen LogP contribution in [0.25, 0.3) is 0 Å². The van der Waals surface area contributed by atoms with Gasteiger partial charge in [-0.1, -0.05) is 18.2 Å². The maximum Gasteiger partial charge on any atom is 0.286 e. The minimum atomic E-state index is -0.618. The second-order valence-electron chi connectivity index (χ2n) is 6.09. The van der Waals surface area contributed by atoms with Gasteiger partial charge in [0, 0.05) is 32.3 Å². The lowest BCUT2D eigenvalue weighted by Gasteiger charge is -2.20. The molecule has 0 aliphatic rings. The smallest absolute Gasteiger partial charge is 0.286 e. The highest BCUT2D eigenvalue weighted by Crippen LogP contribution is 2.35. The van der Waals surface area contributed by atoms with Crippen LogP contribution in [0.15, 0.2) is 36.4 Å². The van der Waals surface area contributed by atoms with Gasteiger partial charge in [0.05, 0.1) is 31.8 Å². The summed E-state index contributed by atoms with van der Waals surface area (Å²) in [6, 6.07) is 9.77. The Kier molecular flexibility index (Phi) is 7.79. The molecule has 0 unspecified atom stereocenters. The summed E-state index contributed by atoms with van der Waals surface area (Å²) < 4.78 is 21.0. The van der Waals surface area contributed by atoms with Crippen LogP contribution in [0, 0.1) is 10.1 Å². The molecule has 9 nitrogen and oxygen atoms in total. The van der Waals surface area contributed by atoms with E-state index in [4.69, 9.17) is 18.9 Å². The largest absolute Gasteiger partial charge is 0.496 e. The Morgan fingerprint density at radius 2 is 1.72 bits per heavy atom. The Bertz CT molecular complexity index is 870. The highest BCUT2D eigenvalue weighted by Gasteiger charge is 2.27. The van der Waals surface area contributed by atoms with Crippen molar-refractivity contribution < 1.29 is 28.7 Å². The van der Waals surface area contributed by atoms with Crippen LogP contribution in [0.3, 0.4) is 0 Å². The summed E-state index contributed by atoms with van der Waals surface area (Å²) in [4.78, 5) is 25.3. The molecule has 1 amide bonds. The quantitative estimate of drug-likeness (QED) is 0.341. The van der Waals surface area contributed by atoms with Crippen molar-refractivity contribution in [1.29, 1.82) is 0 Å². The van der Waals surface area contributed by atoms with E-state index >= 15 is 0 Å². The molecule has 29 heavy (non-hydrogen) atoms. The van der Waals surface area contributed by atoms with Crippen molar-refractivity contribution in [3.63, 3.8) is 0 Å². The number of ether oxygens (including phenoxy) is 4. The molecule has 0 heterocycles. The second kappa shape index (κ2) is 10.3. The first-order valence-corrected chi connectivity index (χ1v) is 8.78. The molecule has 2 aromatic rings. The summed E-state index contributed by atoms with van der Waals surface area (Å²) in [5.74, 6) is 0.492. The molecule has 0 fully saturated rings. The number of nitrogens with zero attached hydrogens (tertiary/aromatic N) is 2. The van der Waals surface area contributed by atoms with Crippen molar-refractivity contribution in [2.24, 2.45) is 0 Å². The number of rotatable bonds is 10. The van der Waals surface area contributed by atoms with Crippen LogP contribution >= 0.6 is 0 Å². The molecule has 0 N–H and O–H groups in total. The first-order chi connectivity index (χ1) is 13.9. The van der Waals surface area contributed by atoms with Crippen LogP contribution in [0.4, 0.5) is 5.69 Å². The molecule has 0 atom stereocenters. The van der Waals surface area contributed by atoms with Gasteiger partial charge in [-0.15, -0.1) is 0 Å². The number of carbonyl (C=O) groups excluding carboxylic acids is 1. The normalized spacial score (nSPS) is 10.3. The number of nitro benzene ring substituents is 1. The number of benzene rings is 2. The third kappa shape index (κ3) is 5.35. The van der Waals surface area contributed by atoms with E-state index in [1.807, 2.05) is 18.2 Å². The van der Waals surface area contributed by atoms with E-state index in [0.29, 0.717) is 12.4 Å².